The van der Waals surface area contributed by atoms with Gasteiger partial charge in [-0.25, -0.2) is 9.78 Å². The zero-order chi connectivity index (χ0) is 19.2. The van der Waals surface area contributed by atoms with E-state index in [9.17, 15) is 4.79 Å². The van der Waals surface area contributed by atoms with Crippen molar-refractivity contribution in [1.82, 2.24) is 19.9 Å². The van der Waals surface area contributed by atoms with E-state index < -0.39 is 5.97 Å². The van der Waals surface area contributed by atoms with Crippen LogP contribution in [0, 0.1) is 0 Å². The quantitative estimate of drug-likeness (QED) is 0.433. The van der Waals surface area contributed by atoms with E-state index in [0.717, 1.165) is 10.0 Å². The third kappa shape index (κ3) is 5.38. The Kier molecular flexibility index (Phi) is 6.20. The molecule has 3 rings (SSSR count). The number of nitrogen functional groups attached to an aromatic ring is 2. The number of esters is 1. The Morgan fingerprint density at radius 3 is 2.48 bits per heavy atom. The zero-order valence-electron chi connectivity index (χ0n) is 14.0. The number of benzene rings is 1. The van der Waals surface area contributed by atoms with Crippen molar-refractivity contribution >= 4 is 45.6 Å². The van der Waals surface area contributed by atoms with E-state index >= 15 is 0 Å². The molecule has 0 radical (unpaired) electrons. The van der Waals surface area contributed by atoms with E-state index in [0.29, 0.717) is 16.3 Å². The van der Waals surface area contributed by atoms with Gasteiger partial charge in [0.2, 0.25) is 11.9 Å². The van der Waals surface area contributed by atoms with E-state index in [1.807, 2.05) is 24.3 Å². The van der Waals surface area contributed by atoms with E-state index in [-0.39, 0.29) is 24.3 Å². The second-order valence-corrected chi connectivity index (χ2v) is 7.20. The van der Waals surface area contributed by atoms with Gasteiger partial charge in [0.25, 0.3) is 0 Å². The summed E-state index contributed by atoms with van der Waals surface area (Å²) in [5, 5.41) is 0.583. The summed E-state index contributed by atoms with van der Waals surface area (Å²) in [4.78, 5) is 28.2. The molecule has 10 heteroatoms. The van der Waals surface area contributed by atoms with Gasteiger partial charge in [-0.15, -0.1) is 11.8 Å². The van der Waals surface area contributed by atoms with Gasteiger partial charge in [-0.3, -0.25) is 0 Å². The highest BCUT2D eigenvalue weighted by molar-refractivity contribution is 9.10. The summed E-state index contributed by atoms with van der Waals surface area (Å²) in [6, 6.07) is 11.3. The predicted molar refractivity (Wildman–Crippen MR) is 106 cm³/mol. The molecule has 4 N–H and O–H groups in total. The Labute approximate surface area is 167 Å². The molecule has 0 fully saturated rings. The molecule has 0 bridgehead atoms. The van der Waals surface area contributed by atoms with Crippen molar-refractivity contribution in [3.8, 4) is 0 Å². The zero-order valence-corrected chi connectivity index (χ0v) is 16.4. The molecule has 0 saturated carbocycles. The lowest BCUT2D eigenvalue weighted by Crippen LogP contribution is -2.12. The van der Waals surface area contributed by atoms with E-state index in [2.05, 4.69) is 35.9 Å². The van der Waals surface area contributed by atoms with Gasteiger partial charge in [-0.2, -0.15) is 15.0 Å². The molecule has 0 saturated heterocycles. The van der Waals surface area contributed by atoms with Crippen molar-refractivity contribution < 1.29 is 9.53 Å². The largest absolute Gasteiger partial charge is 0.454 e. The summed E-state index contributed by atoms with van der Waals surface area (Å²) >= 11 is 4.86. The van der Waals surface area contributed by atoms with Crippen molar-refractivity contribution in [1.29, 1.82) is 0 Å². The lowest BCUT2D eigenvalue weighted by Gasteiger charge is -2.08. The molecule has 0 aliphatic rings. The average Bonchev–Trinajstić information content (AvgIpc) is 2.65. The normalized spacial score (nSPS) is 10.6. The first-order valence-corrected chi connectivity index (χ1v) is 9.54. The van der Waals surface area contributed by atoms with Crippen molar-refractivity contribution in [2.24, 2.45) is 0 Å². The molecule has 0 atom stereocenters. The summed E-state index contributed by atoms with van der Waals surface area (Å²) in [6.45, 7) is -0.165. The monoisotopic (exact) mass is 446 g/mol. The summed E-state index contributed by atoms with van der Waals surface area (Å²) in [7, 11) is 0. The van der Waals surface area contributed by atoms with Crippen LogP contribution in [0.1, 0.15) is 21.7 Å². The number of halogens is 1. The molecule has 8 nitrogen and oxygen atoms in total. The average molecular weight is 447 g/mol. The lowest BCUT2D eigenvalue weighted by atomic mass is 10.2. The maximum atomic E-state index is 12.4. The Morgan fingerprint density at radius 2 is 1.78 bits per heavy atom. The van der Waals surface area contributed by atoms with Crippen LogP contribution in [-0.2, 0) is 17.1 Å². The van der Waals surface area contributed by atoms with Crippen molar-refractivity contribution in [2.45, 2.75) is 17.4 Å². The molecule has 2 aromatic heterocycles. The molecule has 0 amide bonds. The van der Waals surface area contributed by atoms with Gasteiger partial charge in [-0.05, 0) is 29.8 Å². The first-order valence-electron chi connectivity index (χ1n) is 7.76. The second kappa shape index (κ2) is 8.78. The van der Waals surface area contributed by atoms with Gasteiger partial charge < -0.3 is 16.2 Å². The van der Waals surface area contributed by atoms with E-state index in [1.54, 1.807) is 18.3 Å². The second-order valence-electron chi connectivity index (χ2n) is 5.32. The lowest BCUT2D eigenvalue weighted by molar-refractivity contribution is 0.0457. The molecule has 0 spiro atoms. The number of rotatable bonds is 6. The molecule has 27 heavy (non-hydrogen) atoms. The molecule has 0 unspecified atom stereocenters. The number of thioether (sulfide) groups is 1. The number of hydrogen-bond donors (Lipinski definition) is 2. The van der Waals surface area contributed by atoms with Crippen molar-refractivity contribution in [3.05, 3.63) is 64.0 Å². The van der Waals surface area contributed by atoms with Crippen LogP contribution in [0.3, 0.4) is 0 Å². The van der Waals surface area contributed by atoms with Crippen LogP contribution in [0.15, 0.2) is 52.1 Å². The fraction of sp³-hybridized carbons (Fsp3) is 0.118. The molecule has 138 valence electrons. The fourth-order valence-electron chi connectivity index (χ4n) is 2.12. The number of nitrogens with two attached hydrogens (primary N) is 2. The summed E-state index contributed by atoms with van der Waals surface area (Å²) in [6.07, 6.45) is 1.63. The smallest absolute Gasteiger partial charge is 0.341 e. The predicted octanol–water partition coefficient (Wildman–Crippen LogP) is 2.84. The Morgan fingerprint density at radius 1 is 1.07 bits per heavy atom. The molecule has 1 aromatic carbocycles. The third-order valence-electron chi connectivity index (χ3n) is 3.33. The minimum atomic E-state index is -0.529. The van der Waals surface area contributed by atoms with Crippen LogP contribution in [0.5, 0.6) is 0 Å². The number of nitrogens with zero attached hydrogens (tertiary/aromatic N) is 4. The maximum Gasteiger partial charge on any atom is 0.341 e. The van der Waals surface area contributed by atoms with Crippen molar-refractivity contribution in [2.75, 3.05) is 11.5 Å². The Balaban J connectivity index is 1.66. The molecule has 0 aliphatic carbocycles. The Hall–Kier alpha value is -2.72. The highest BCUT2D eigenvalue weighted by Crippen LogP contribution is 2.25. The first-order chi connectivity index (χ1) is 13.0. The third-order valence-corrected chi connectivity index (χ3v) is 4.93. The Bertz CT molecular complexity index is 934. The highest BCUT2D eigenvalue weighted by atomic mass is 79.9. The van der Waals surface area contributed by atoms with Crippen LogP contribution >= 0.6 is 27.7 Å². The summed E-state index contributed by atoms with van der Waals surface area (Å²) < 4.78 is 6.28. The molecule has 3 aromatic rings. The number of carbonyl (C=O) groups is 1. The first kappa shape index (κ1) is 19.1. The minimum Gasteiger partial charge on any atom is -0.454 e. The van der Waals surface area contributed by atoms with E-state index in [1.165, 1.54) is 11.8 Å². The van der Waals surface area contributed by atoms with Crippen LogP contribution in [-0.4, -0.2) is 25.9 Å². The summed E-state index contributed by atoms with van der Waals surface area (Å²) in [5.41, 5.74) is 12.5. The number of pyridine rings is 1. The van der Waals surface area contributed by atoms with Gasteiger partial charge in [0.1, 0.15) is 5.03 Å². The minimum absolute atomic E-state index is 0.0272. The number of hydrogen-bond acceptors (Lipinski definition) is 9. The van der Waals surface area contributed by atoms with Crippen LogP contribution in [0.2, 0.25) is 0 Å². The molecular formula is C17H15BrN6O2S. The van der Waals surface area contributed by atoms with Crippen LogP contribution < -0.4 is 11.5 Å². The molecular weight excluding hydrogens is 432 g/mol. The molecule has 2 heterocycles. The standard InChI is InChI=1S/C17H15BrN6O2S/c18-11-5-3-10(4-6-11)9-27-14-12(2-1-7-21-14)15(25)26-8-13-22-16(19)24-17(20)23-13/h1-7H,8-9H2,(H4,19,20,22,23,24). The van der Waals surface area contributed by atoms with Gasteiger partial charge in [0, 0.05) is 16.4 Å². The van der Waals surface area contributed by atoms with Gasteiger partial charge in [-0.1, -0.05) is 28.1 Å². The number of anilines is 2. The van der Waals surface area contributed by atoms with Crippen molar-refractivity contribution in [3.63, 3.8) is 0 Å². The van der Waals surface area contributed by atoms with Gasteiger partial charge >= 0.3 is 5.97 Å². The van der Waals surface area contributed by atoms with E-state index in [4.69, 9.17) is 16.2 Å². The fourth-order valence-corrected chi connectivity index (χ4v) is 3.33. The van der Waals surface area contributed by atoms with Crippen LogP contribution in [0.25, 0.3) is 0 Å². The number of ether oxygens (including phenoxy) is 1. The SMILES string of the molecule is Nc1nc(N)nc(COC(=O)c2cccnc2SCc2ccc(Br)cc2)n1. The number of carbonyl (C=O) groups excluding carboxylic acids is 1. The topological polar surface area (TPSA) is 130 Å². The maximum absolute atomic E-state index is 12.4. The van der Waals surface area contributed by atoms with Gasteiger partial charge in [0.05, 0.1) is 5.56 Å². The highest BCUT2D eigenvalue weighted by Gasteiger charge is 2.15. The number of aromatic nitrogens is 4. The summed E-state index contributed by atoms with van der Waals surface area (Å²) in [5.74, 6) is 0.270. The molecule has 0 aliphatic heterocycles. The van der Waals surface area contributed by atoms with Crippen LogP contribution in [0.4, 0.5) is 11.9 Å². The van der Waals surface area contributed by atoms with Gasteiger partial charge in [0.15, 0.2) is 12.4 Å².